The van der Waals surface area contributed by atoms with Crippen molar-refractivity contribution >= 4 is 5.82 Å². The zero-order valence-corrected chi connectivity index (χ0v) is 15.0. The molecule has 1 aliphatic heterocycles. The van der Waals surface area contributed by atoms with Crippen LogP contribution in [0.3, 0.4) is 0 Å². The molecule has 2 aromatic rings. The van der Waals surface area contributed by atoms with E-state index < -0.39 is 0 Å². The maximum atomic E-state index is 13.0. The standard InChI is InChI=1S/C20H25FN4O/c1-26-19-10-18(25(12-19)20-6-7-22-13-24-20)11-23-17-8-15(9-17)14-2-4-16(21)5-3-14/h2-7,13,15,17-19,23H,8-12H2,1H3/t15?,17?,18-,19-/m1/s1. The molecule has 4 rings (SSSR count). The number of rotatable bonds is 6. The van der Waals surface area contributed by atoms with Crippen LogP contribution in [0.5, 0.6) is 0 Å². The van der Waals surface area contributed by atoms with Crippen molar-refractivity contribution in [2.45, 2.75) is 43.4 Å². The molecule has 0 amide bonds. The number of benzene rings is 1. The molecule has 2 aliphatic rings. The molecule has 138 valence electrons. The summed E-state index contributed by atoms with van der Waals surface area (Å²) < 4.78 is 18.6. The highest BCUT2D eigenvalue weighted by atomic mass is 19.1. The molecule has 0 radical (unpaired) electrons. The molecule has 1 saturated carbocycles. The van der Waals surface area contributed by atoms with E-state index in [0.29, 0.717) is 18.0 Å². The molecule has 1 aliphatic carbocycles. The first-order valence-electron chi connectivity index (χ1n) is 9.27. The van der Waals surface area contributed by atoms with Crippen LogP contribution in [0.4, 0.5) is 10.2 Å². The molecule has 26 heavy (non-hydrogen) atoms. The van der Waals surface area contributed by atoms with E-state index in [1.165, 1.54) is 5.56 Å². The average molecular weight is 356 g/mol. The SMILES string of the molecule is CO[C@@H]1C[C@H](CNC2CC(c3ccc(F)cc3)C2)N(c2ccncn2)C1. The van der Waals surface area contributed by atoms with Gasteiger partial charge in [-0.3, -0.25) is 0 Å². The number of methoxy groups -OCH3 is 1. The summed E-state index contributed by atoms with van der Waals surface area (Å²) in [6, 6.07) is 9.79. The molecule has 0 spiro atoms. The van der Waals surface area contributed by atoms with Crippen molar-refractivity contribution in [3.8, 4) is 0 Å². The van der Waals surface area contributed by atoms with E-state index in [1.807, 2.05) is 18.2 Å². The van der Waals surface area contributed by atoms with E-state index in [-0.39, 0.29) is 11.9 Å². The van der Waals surface area contributed by atoms with Crippen molar-refractivity contribution in [2.24, 2.45) is 0 Å². The van der Waals surface area contributed by atoms with Crippen molar-refractivity contribution in [3.05, 3.63) is 54.2 Å². The van der Waals surface area contributed by atoms with E-state index in [2.05, 4.69) is 20.2 Å². The molecule has 0 unspecified atom stereocenters. The van der Waals surface area contributed by atoms with Gasteiger partial charge in [0, 0.05) is 38.5 Å². The molecule has 1 saturated heterocycles. The minimum atomic E-state index is -0.165. The van der Waals surface area contributed by atoms with Crippen molar-refractivity contribution in [2.75, 3.05) is 25.1 Å². The number of anilines is 1. The number of nitrogens with zero attached hydrogens (tertiary/aromatic N) is 3. The number of aromatic nitrogens is 2. The van der Waals surface area contributed by atoms with E-state index in [9.17, 15) is 4.39 Å². The van der Waals surface area contributed by atoms with Crippen molar-refractivity contribution in [1.82, 2.24) is 15.3 Å². The highest BCUT2D eigenvalue weighted by molar-refractivity contribution is 5.40. The van der Waals surface area contributed by atoms with Crippen LogP contribution in [0.15, 0.2) is 42.9 Å². The van der Waals surface area contributed by atoms with E-state index in [4.69, 9.17) is 4.74 Å². The third-order valence-corrected chi connectivity index (χ3v) is 5.69. The zero-order valence-electron chi connectivity index (χ0n) is 15.0. The number of hydrogen-bond donors (Lipinski definition) is 1. The van der Waals surface area contributed by atoms with Crippen molar-refractivity contribution in [3.63, 3.8) is 0 Å². The van der Waals surface area contributed by atoms with Crippen LogP contribution < -0.4 is 10.2 Å². The second-order valence-corrected chi connectivity index (χ2v) is 7.29. The number of halogens is 1. The molecule has 0 bridgehead atoms. The van der Waals surface area contributed by atoms with Gasteiger partial charge >= 0.3 is 0 Å². The van der Waals surface area contributed by atoms with Gasteiger partial charge in [-0.2, -0.15) is 0 Å². The Hall–Kier alpha value is -2.05. The Bertz CT molecular complexity index is 706. The monoisotopic (exact) mass is 356 g/mol. The van der Waals surface area contributed by atoms with Gasteiger partial charge in [-0.15, -0.1) is 0 Å². The van der Waals surface area contributed by atoms with Gasteiger partial charge in [0.15, 0.2) is 0 Å². The minimum absolute atomic E-state index is 0.165. The Morgan fingerprint density at radius 1 is 1.19 bits per heavy atom. The van der Waals surface area contributed by atoms with Crippen LogP contribution in [0.25, 0.3) is 0 Å². The van der Waals surface area contributed by atoms with Gasteiger partial charge in [0.1, 0.15) is 18.0 Å². The third kappa shape index (κ3) is 3.71. The lowest BCUT2D eigenvalue weighted by Gasteiger charge is -2.38. The van der Waals surface area contributed by atoms with Gasteiger partial charge < -0.3 is 15.0 Å². The fourth-order valence-corrected chi connectivity index (χ4v) is 4.07. The smallest absolute Gasteiger partial charge is 0.132 e. The summed E-state index contributed by atoms with van der Waals surface area (Å²) in [6.07, 6.45) is 6.84. The second kappa shape index (κ2) is 7.68. The Morgan fingerprint density at radius 3 is 2.69 bits per heavy atom. The molecular formula is C20H25FN4O. The molecule has 1 N–H and O–H groups in total. The van der Waals surface area contributed by atoms with Gasteiger partial charge in [-0.1, -0.05) is 12.1 Å². The second-order valence-electron chi connectivity index (χ2n) is 7.29. The largest absolute Gasteiger partial charge is 0.380 e. The average Bonchev–Trinajstić information content (AvgIpc) is 3.06. The quantitative estimate of drug-likeness (QED) is 0.862. The zero-order chi connectivity index (χ0) is 17.9. The van der Waals surface area contributed by atoms with Gasteiger partial charge in [-0.25, -0.2) is 14.4 Å². The maximum absolute atomic E-state index is 13.0. The molecule has 6 heteroatoms. The van der Waals surface area contributed by atoms with Crippen molar-refractivity contribution < 1.29 is 9.13 Å². The Labute approximate surface area is 153 Å². The van der Waals surface area contributed by atoms with Gasteiger partial charge in [0.2, 0.25) is 0 Å². The topological polar surface area (TPSA) is 50.3 Å². The normalized spacial score (nSPS) is 28.2. The van der Waals surface area contributed by atoms with Gasteiger partial charge in [-0.05, 0) is 48.9 Å². The molecule has 1 aromatic carbocycles. The summed E-state index contributed by atoms with van der Waals surface area (Å²) in [5.41, 5.74) is 1.24. The van der Waals surface area contributed by atoms with Crippen molar-refractivity contribution in [1.29, 1.82) is 0 Å². The molecular weight excluding hydrogens is 331 g/mol. The number of ether oxygens (including phenoxy) is 1. The first-order valence-corrected chi connectivity index (χ1v) is 9.27. The van der Waals surface area contributed by atoms with E-state index in [1.54, 1.807) is 31.8 Å². The fraction of sp³-hybridized carbons (Fsp3) is 0.500. The molecule has 5 nitrogen and oxygen atoms in total. The summed E-state index contributed by atoms with van der Waals surface area (Å²) in [4.78, 5) is 10.7. The summed E-state index contributed by atoms with van der Waals surface area (Å²) in [5.74, 6) is 1.34. The predicted octanol–water partition coefficient (Wildman–Crippen LogP) is 2.75. The predicted molar refractivity (Wildman–Crippen MR) is 98.7 cm³/mol. The van der Waals surface area contributed by atoms with Gasteiger partial charge in [0.05, 0.1) is 6.10 Å². The Balaban J connectivity index is 1.30. The maximum Gasteiger partial charge on any atom is 0.132 e. The Morgan fingerprint density at radius 2 is 2.00 bits per heavy atom. The lowest BCUT2D eigenvalue weighted by molar-refractivity contribution is 0.118. The molecule has 2 atom stereocenters. The van der Waals surface area contributed by atoms with E-state index >= 15 is 0 Å². The lowest BCUT2D eigenvalue weighted by Crippen LogP contribution is -2.46. The highest BCUT2D eigenvalue weighted by Gasteiger charge is 2.35. The molecule has 2 fully saturated rings. The van der Waals surface area contributed by atoms with Crippen LogP contribution in [-0.4, -0.2) is 48.4 Å². The number of hydrogen-bond acceptors (Lipinski definition) is 5. The van der Waals surface area contributed by atoms with Crippen LogP contribution in [0.2, 0.25) is 0 Å². The van der Waals surface area contributed by atoms with E-state index in [0.717, 1.165) is 38.2 Å². The third-order valence-electron chi connectivity index (χ3n) is 5.69. The first-order chi connectivity index (χ1) is 12.7. The summed E-state index contributed by atoms with van der Waals surface area (Å²) in [7, 11) is 1.78. The fourth-order valence-electron chi connectivity index (χ4n) is 4.07. The Kier molecular flexibility index (Phi) is 5.13. The summed E-state index contributed by atoms with van der Waals surface area (Å²) >= 11 is 0. The molecule has 1 aromatic heterocycles. The first kappa shape index (κ1) is 17.4. The highest BCUT2D eigenvalue weighted by Crippen LogP contribution is 2.37. The van der Waals surface area contributed by atoms with Crippen LogP contribution in [-0.2, 0) is 4.74 Å². The number of nitrogens with one attached hydrogen (secondary N) is 1. The van der Waals surface area contributed by atoms with Crippen LogP contribution in [0.1, 0.15) is 30.7 Å². The molecule has 2 heterocycles. The minimum Gasteiger partial charge on any atom is -0.380 e. The van der Waals surface area contributed by atoms with Crippen LogP contribution in [0, 0.1) is 5.82 Å². The summed E-state index contributed by atoms with van der Waals surface area (Å²) in [5, 5.41) is 3.70. The lowest BCUT2D eigenvalue weighted by atomic mass is 9.76. The van der Waals surface area contributed by atoms with Gasteiger partial charge in [0.25, 0.3) is 0 Å². The summed E-state index contributed by atoms with van der Waals surface area (Å²) in [6.45, 7) is 1.79. The van der Waals surface area contributed by atoms with Crippen LogP contribution >= 0.6 is 0 Å².